The number of nitrogens with one attached hydrogen (secondary N) is 3. The molecule has 8 nitrogen and oxygen atoms in total. The topological polar surface area (TPSA) is 89.6 Å². The molecule has 1 fully saturated rings. The normalized spacial score (nSPS) is 23.3. The van der Waals surface area contributed by atoms with Crippen molar-refractivity contribution < 1.29 is 27.2 Å². The summed E-state index contributed by atoms with van der Waals surface area (Å²) in [6, 6.07) is -1.70. The van der Waals surface area contributed by atoms with Crippen molar-refractivity contribution in [2.75, 3.05) is 18.4 Å². The van der Waals surface area contributed by atoms with Crippen LogP contribution in [0, 0.1) is 5.82 Å². The van der Waals surface area contributed by atoms with E-state index in [9.17, 15) is 27.2 Å². The van der Waals surface area contributed by atoms with E-state index in [-0.39, 0.29) is 11.9 Å². The lowest BCUT2D eigenvalue weighted by molar-refractivity contribution is -0.158. The van der Waals surface area contributed by atoms with Crippen LogP contribution in [0.15, 0.2) is 42.0 Å². The second-order valence-electron chi connectivity index (χ2n) is 7.53. The van der Waals surface area contributed by atoms with Gasteiger partial charge in [0.1, 0.15) is 29.5 Å². The van der Waals surface area contributed by atoms with Crippen LogP contribution in [0.1, 0.15) is 13.3 Å². The van der Waals surface area contributed by atoms with E-state index in [2.05, 4.69) is 15.6 Å². The van der Waals surface area contributed by atoms with Crippen molar-refractivity contribution >= 4 is 17.8 Å². The highest BCUT2D eigenvalue weighted by molar-refractivity contribution is 5.91. The minimum absolute atomic E-state index is 0.0206. The number of dihydropyridines is 1. The van der Waals surface area contributed by atoms with E-state index in [0.29, 0.717) is 31.0 Å². The van der Waals surface area contributed by atoms with Gasteiger partial charge in [-0.2, -0.15) is 13.2 Å². The van der Waals surface area contributed by atoms with Crippen LogP contribution in [-0.4, -0.2) is 64.1 Å². The van der Waals surface area contributed by atoms with Gasteiger partial charge in [0.2, 0.25) is 5.91 Å². The van der Waals surface area contributed by atoms with Gasteiger partial charge < -0.3 is 15.5 Å². The largest absolute Gasteiger partial charge is 0.408 e. The SMILES string of the molecule is C[C@@H](NC(=O)C1C=CC2=C(N1)N(C(=O)Nc1cc(F)ccn1)[C@H]1CCN2C1)C(F)(F)F. The van der Waals surface area contributed by atoms with Crippen molar-refractivity contribution in [3.05, 3.63) is 47.8 Å². The molecular weight excluding hydrogens is 420 g/mol. The second-order valence-corrected chi connectivity index (χ2v) is 7.53. The van der Waals surface area contributed by atoms with Gasteiger partial charge in [0.25, 0.3) is 0 Å². The molecule has 3 N–H and O–H groups in total. The number of halogens is 4. The van der Waals surface area contributed by atoms with Crippen molar-refractivity contribution in [1.29, 1.82) is 0 Å². The summed E-state index contributed by atoms with van der Waals surface area (Å²) in [6.45, 7) is 2.10. The average molecular weight is 440 g/mol. The Bertz CT molecular complexity index is 963. The zero-order chi connectivity index (χ0) is 22.3. The summed E-state index contributed by atoms with van der Waals surface area (Å²) in [7, 11) is 0. The first-order chi connectivity index (χ1) is 14.6. The van der Waals surface area contributed by atoms with E-state index < -0.39 is 36.0 Å². The maximum absolute atomic E-state index is 13.4. The fraction of sp³-hybridized carbons (Fsp3) is 0.421. The van der Waals surface area contributed by atoms with Crippen LogP contribution in [-0.2, 0) is 4.79 Å². The Morgan fingerprint density at radius 3 is 2.84 bits per heavy atom. The summed E-state index contributed by atoms with van der Waals surface area (Å²) in [5, 5.41) is 7.35. The molecule has 31 heavy (non-hydrogen) atoms. The molecule has 1 saturated heterocycles. The predicted octanol–water partition coefficient (Wildman–Crippen LogP) is 1.91. The van der Waals surface area contributed by atoms with Gasteiger partial charge in [-0.05, 0) is 25.5 Å². The summed E-state index contributed by atoms with van der Waals surface area (Å²) in [5.41, 5.74) is 0.657. The fourth-order valence-corrected chi connectivity index (χ4v) is 3.79. The van der Waals surface area contributed by atoms with Gasteiger partial charge in [0, 0.05) is 25.4 Å². The predicted molar refractivity (Wildman–Crippen MR) is 102 cm³/mol. The number of anilines is 1. The third-order valence-electron chi connectivity index (χ3n) is 5.40. The van der Waals surface area contributed by atoms with Crippen molar-refractivity contribution in [1.82, 2.24) is 25.4 Å². The van der Waals surface area contributed by atoms with E-state index in [0.717, 1.165) is 19.1 Å². The maximum Gasteiger partial charge on any atom is 0.408 e. The molecule has 4 rings (SSSR count). The highest BCUT2D eigenvalue weighted by Gasteiger charge is 2.43. The highest BCUT2D eigenvalue weighted by Crippen LogP contribution is 2.33. The fourth-order valence-electron chi connectivity index (χ4n) is 3.79. The number of alkyl halides is 3. The van der Waals surface area contributed by atoms with E-state index in [1.165, 1.54) is 17.2 Å². The van der Waals surface area contributed by atoms with Gasteiger partial charge in [-0.1, -0.05) is 6.08 Å². The molecule has 0 aromatic carbocycles. The molecular formula is C19H20F4N6O2. The van der Waals surface area contributed by atoms with Gasteiger partial charge >= 0.3 is 12.2 Å². The number of allylic oxidation sites excluding steroid dienone is 1. The summed E-state index contributed by atoms with van der Waals surface area (Å²) < 4.78 is 51.8. The number of carbonyl (C=O) groups excluding carboxylic acids is 2. The summed E-state index contributed by atoms with van der Waals surface area (Å²) in [6.07, 6.45) is 0.385. The van der Waals surface area contributed by atoms with Crippen molar-refractivity contribution in [2.24, 2.45) is 0 Å². The Morgan fingerprint density at radius 2 is 2.13 bits per heavy atom. The first-order valence-corrected chi connectivity index (χ1v) is 9.66. The maximum atomic E-state index is 13.4. The second kappa shape index (κ2) is 7.75. The number of urea groups is 1. The average Bonchev–Trinajstić information content (AvgIpc) is 3.11. The van der Waals surface area contributed by atoms with Crippen LogP contribution >= 0.6 is 0 Å². The molecule has 2 bridgehead atoms. The number of hydrogen-bond acceptors (Lipinski definition) is 5. The number of fused-ring (bicyclic) bond motifs is 3. The number of hydrogen-bond donors (Lipinski definition) is 3. The van der Waals surface area contributed by atoms with Crippen LogP contribution in [0.4, 0.5) is 28.2 Å². The molecule has 3 aliphatic rings. The van der Waals surface area contributed by atoms with Gasteiger partial charge in [-0.3, -0.25) is 15.0 Å². The lowest BCUT2D eigenvalue weighted by atomic mass is 10.1. The van der Waals surface area contributed by atoms with E-state index in [1.54, 1.807) is 6.08 Å². The molecule has 12 heteroatoms. The Hall–Kier alpha value is -3.31. The lowest BCUT2D eigenvalue weighted by Crippen LogP contribution is -2.57. The van der Waals surface area contributed by atoms with Crippen LogP contribution in [0.2, 0.25) is 0 Å². The molecule has 3 aliphatic heterocycles. The van der Waals surface area contributed by atoms with Gasteiger partial charge in [-0.15, -0.1) is 0 Å². The first-order valence-electron chi connectivity index (χ1n) is 9.66. The quantitative estimate of drug-likeness (QED) is 0.625. The Kier molecular flexibility index (Phi) is 5.23. The van der Waals surface area contributed by atoms with Crippen LogP contribution in [0.25, 0.3) is 0 Å². The molecule has 1 unspecified atom stereocenters. The third kappa shape index (κ3) is 4.14. The molecule has 1 aromatic heterocycles. The Morgan fingerprint density at radius 1 is 1.35 bits per heavy atom. The van der Waals surface area contributed by atoms with E-state index >= 15 is 0 Å². The monoisotopic (exact) mass is 440 g/mol. The molecule has 1 aromatic rings. The molecule has 3 amide bonds. The van der Waals surface area contributed by atoms with Crippen LogP contribution < -0.4 is 16.0 Å². The highest BCUT2D eigenvalue weighted by atomic mass is 19.4. The van der Waals surface area contributed by atoms with Crippen molar-refractivity contribution in [3.63, 3.8) is 0 Å². The van der Waals surface area contributed by atoms with Crippen LogP contribution in [0.5, 0.6) is 0 Å². The number of pyridine rings is 1. The molecule has 0 spiro atoms. The summed E-state index contributed by atoms with van der Waals surface area (Å²) in [5.74, 6) is -1.10. The Balaban J connectivity index is 1.54. The van der Waals surface area contributed by atoms with Crippen LogP contribution in [0.3, 0.4) is 0 Å². The third-order valence-corrected chi connectivity index (χ3v) is 5.40. The van der Waals surface area contributed by atoms with Gasteiger partial charge in [0.15, 0.2) is 0 Å². The zero-order valence-electron chi connectivity index (χ0n) is 16.4. The van der Waals surface area contributed by atoms with E-state index in [1.807, 2.05) is 10.2 Å². The minimum atomic E-state index is -4.57. The number of aromatic nitrogens is 1. The summed E-state index contributed by atoms with van der Waals surface area (Å²) >= 11 is 0. The van der Waals surface area contributed by atoms with Crippen molar-refractivity contribution in [3.8, 4) is 0 Å². The zero-order valence-corrected chi connectivity index (χ0v) is 16.4. The number of nitrogens with zero attached hydrogens (tertiary/aromatic N) is 3. The molecule has 0 radical (unpaired) electrons. The molecule has 0 aliphatic carbocycles. The molecule has 0 saturated carbocycles. The Labute approximate surface area is 175 Å². The molecule has 166 valence electrons. The summed E-state index contributed by atoms with van der Waals surface area (Å²) in [4.78, 5) is 32.7. The van der Waals surface area contributed by atoms with Gasteiger partial charge in [-0.25, -0.2) is 14.2 Å². The molecule has 3 atom stereocenters. The number of rotatable bonds is 3. The number of amides is 3. The first kappa shape index (κ1) is 20.9. The lowest BCUT2D eigenvalue weighted by Gasteiger charge is -2.41. The number of carbonyl (C=O) groups is 2. The standard InChI is InChI=1S/C19H20F4N6O2/c1-10(19(21,22)23)25-17(30)13-2-3-14-16(26-13)29(12-5-7-28(14)9-12)18(31)27-15-8-11(20)4-6-24-15/h2-4,6,8,10,12-13,26H,5,7,9H2,1H3,(H,25,30)(H,24,27,31)/t10-,12+,13?/m1/s1. The minimum Gasteiger partial charge on any atom is -0.366 e. The van der Waals surface area contributed by atoms with Crippen molar-refractivity contribution in [2.45, 2.75) is 37.6 Å². The smallest absolute Gasteiger partial charge is 0.366 e. The molecule has 4 heterocycles. The van der Waals surface area contributed by atoms with E-state index in [4.69, 9.17) is 0 Å². The van der Waals surface area contributed by atoms with Gasteiger partial charge in [0.05, 0.1) is 11.7 Å².